The molecule has 13 heteroatoms. The summed E-state index contributed by atoms with van der Waals surface area (Å²) in [6.45, 7) is 0. The molecule has 0 aliphatic carbocycles. The Morgan fingerprint density at radius 2 is 1.00 bits per heavy atom. The number of benzene rings is 2. The van der Waals surface area contributed by atoms with Crippen LogP contribution < -0.4 is 35.9 Å². The second-order valence-corrected chi connectivity index (χ2v) is 5.99. The van der Waals surface area contributed by atoms with Crippen LogP contribution in [0.1, 0.15) is 0 Å². The van der Waals surface area contributed by atoms with Gasteiger partial charge in [0.2, 0.25) is 5.28 Å². The van der Waals surface area contributed by atoms with Gasteiger partial charge in [-0.2, -0.15) is 56.3 Å². The van der Waals surface area contributed by atoms with Gasteiger partial charge in [-0.15, -0.1) is 9.97 Å². The summed E-state index contributed by atoms with van der Waals surface area (Å²) in [5, 5.41) is 0.0497. The smallest absolute Gasteiger partial charge is 1.00 e. The molecule has 0 atom stereocenters. The van der Waals surface area contributed by atoms with Crippen LogP contribution in [-0.2, 0) is 0 Å². The molecule has 0 saturated heterocycles. The van der Waals surface area contributed by atoms with Gasteiger partial charge in [-0.3, -0.25) is 0 Å². The second-order valence-electron chi connectivity index (χ2n) is 5.65. The normalized spacial score (nSPS) is 8.83. The van der Waals surface area contributed by atoms with Gasteiger partial charge < -0.3 is 35.9 Å². The maximum absolute atomic E-state index is 5.49. The summed E-state index contributed by atoms with van der Waals surface area (Å²) in [7, 11) is 5.88. The van der Waals surface area contributed by atoms with E-state index in [0.29, 0.717) is 5.82 Å². The van der Waals surface area contributed by atoms with Crippen molar-refractivity contribution in [2.75, 3.05) is 28.4 Å². The molecule has 2 aromatic heterocycles. The van der Waals surface area contributed by atoms with Crippen molar-refractivity contribution in [2.45, 2.75) is 0 Å². The van der Waals surface area contributed by atoms with Crippen molar-refractivity contribution in [3.63, 3.8) is 0 Å². The van der Waals surface area contributed by atoms with Crippen molar-refractivity contribution < 1.29 is 35.9 Å². The van der Waals surface area contributed by atoms with Gasteiger partial charge >= 0.3 is 47.1 Å². The molecule has 0 amide bonds. The fourth-order valence-corrected chi connectivity index (χ4v) is 2.22. The van der Waals surface area contributed by atoms with Crippen molar-refractivity contribution in [2.24, 2.45) is 0 Å². The van der Waals surface area contributed by atoms with Gasteiger partial charge in [0, 0.05) is 5.56 Å². The molecule has 2 heterocycles. The zero-order chi connectivity index (χ0) is 23.9. The third-order valence-electron chi connectivity index (χ3n) is 3.53. The van der Waals surface area contributed by atoms with E-state index in [-0.39, 0.29) is 69.4 Å². The van der Waals surface area contributed by atoms with Gasteiger partial charge in [-0.1, -0.05) is 30.3 Å². The number of rotatable bonds is 5. The number of ether oxygens (including phenoxy) is 4. The van der Waals surface area contributed by atoms with Crippen LogP contribution in [0.3, 0.4) is 0 Å². The molecule has 0 saturated carbocycles. The van der Waals surface area contributed by atoms with E-state index in [1.54, 1.807) is 0 Å². The summed E-state index contributed by atoms with van der Waals surface area (Å²) in [5.41, 5.74) is 0.890. The fraction of sp³-hybridized carbons (Fsp3) is 0.182. The molecule has 180 valence electrons. The molecule has 0 radical (unpaired) electrons. The van der Waals surface area contributed by atoms with Gasteiger partial charge in [0.25, 0.3) is 0 Å². The van der Waals surface area contributed by atoms with Crippen LogP contribution in [0.5, 0.6) is 24.0 Å². The van der Waals surface area contributed by atoms with Crippen LogP contribution in [-0.4, -0.2) is 81.4 Å². The number of hydrogen-bond acceptors (Lipinski definition) is 10. The molecular formula is C22H22BrClMgN6O4. The van der Waals surface area contributed by atoms with Crippen LogP contribution in [0.15, 0.2) is 60.7 Å². The molecule has 0 aliphatic rings. The summed E-state index contributed by atoms with van der Waals surface area (Å²) >= 11 is 5.49. The third-order valence-corrected chi connectivity index (χ3v) is 3.70. The summed E-state index contributed by atoms with van der Waals surface area (Å²) in [6.07, 6.45) is 0. The van der Waals surface area contributed by atoms with E-state index in [9.17, 15) is 0 Å². The first kappa shape index (κ1) is 32.2. The molecule has 0 unspecified atom stereocenters. The van der Waals surface area contributed by atoms with Crippen molar-refractivity contribution >= 4 is 34.7 Å². The molecule has 0 bridgehead atoms. The largest absolute Gasteiger partial charge is 2.00 e. The fourth-order valence-electron chi connectivity index (χ4n) is 2.08. The van der Waals surface area contributed by atoms with Crippen molar-refractivity contribution in [1.82, 2.24) is 29.9 Å². The Bertz CT molecular complexity index is 1030. The standard InChI is InChI=1S/C11H11N3O2.C6H5.C5H6ClN3O2.BrH.Mg/c1-15-10-12-9(13-11(14-10)16-2)8-6-4-3-5-7-8;1-2-4-6-5-3-1;1-10-4-7-3(6)8-5(9-4)11-2;;/h3-7H,1-2H3;1-5H;1-2H3;1H;/q;-1;;;+2/p-1. The minimum atomic E-state index is 0. The quantitative estimate of drug-likeness (QED) is 0.242. The molecule has 0 fully saturated rings. The topological polar surface area (TPSA) is 114 Å². The van der Waals surface area contributed by atoms with E-state index < -0.39 is 0 Å². The first-order chi connectivity index (χ1) is 16.1. The number of nitrogens with zero attached hydrogens (tertiary/aromatic N) is 6. The van der Waals surface area contributed by atoms with Gasteiger partial charge in [-0.25, -0.2) is 0 Å². The van der Waals surface area contributed by atoms with Crippen LogP contribution in [0.25, 0.3) is 11.4 Å². The Morgan fingerprint density at radius 1 is 0.600 bits per heavy atom. The van der Waals surface area contributed by atoms with E-state index in [2.05, 4.69) is 36.0 Å². The van der Waals surface area contributed by atoms with E-state index >= 15 is 0 Å². The van der Waals surface area contributed by atoms with Crippen LogP contribution in [0.4, 0.5) is 0 Å². The Kier molecular flexibility index (Phi) is 17.0. The molecule has 2 aromatic carbocycles. The average molecular weight is 574 g/mol. The number of aromatic nitrogens is 6. The van der Waals surface area contributed by atoms with E-state index in [1.165, 1.54) is 28.4 Å². The Balaban J connectivity index is 0.000000530. The Labute approximate surface area is 235 Å². The van der Waals surface area contributed by atoms with E-state index in [4.69, 9.17) is 30.5 Å². The van der Waals surface area contributed by atoms with E-state index in [0.717, 1.165) is 5.56 Å². The summed E-state index contributed by atoms with van der Waals surface area (Å²) in [5.74, 6) is 0.532. The maximum Gasteiger partial charge on any atom is 2.00 e. The Hall–Kier alpha value is -2.80. The zero-order valence-electron chi connectivity index (χ0n) is 19.6. The van der Waals surface area contributed by atoms with Gasteiger partial charge in [0.05, 0.1) is 28.4 Å². The first-order valence-corrected chi connectivity index (χ1v) is 9.77. The predicted octanol–water partition coefficient (Wildman–Crippen LogP) is 0.208. The SMILES string of the molecule is COc1nc(Cl)nc(OC)n1.COc1nc(OC)nc(-c2ccccc2)n1.[Br-].[Mg+2].[c-]1ccccc1. The summed E-state index contributed by atoms with van der Waals surface area (Å²) < 4.78 is 19.4. The van der Waals surface area contributed by atoms with Crippen LogP contribution in [0, 0.1) is 6.07 Å². The van der Waals surface area contributed by atoms with E-state index in [1.807, 2.05) is 60.7 Å². The maximum atomic E-state index is 5.49. The molecule has 4 rings (SSSR count). The van der Waals surface area contributed by atoms with Crippen LogP contribution in [0.2, 0.25) is 5.28 Å². The third kappa shape index (κ3) is 11.9. The number of hydrogen-bond donors (Lipinski definition) is 0. The second kappa shape index (κ2) is 18.5. The van der Waals surface area contributed by atoms with Gasteiger partial charge in [0.1, 0.15) is 0 Å². The van der Waals surface area contributed by atoms with Gasteiger partial charge in [0.15, 0.2) is 5.82 Å². The zero-order valence-corrected chi connectivity index (χ0v) is 23.3. The molecule has 35 heavy (non-hydrogen) atoms. The molecule has 4 aromatic rings. The van der Waals surface area contributed by atoms with Gasteiger partial charge in [-0.05, 0) is 11.6 Å². The van der Waals surface area contributed by atoms with Crippen molar-refractivity contribution in [3.05, 3.63) is 72.0 Å². The molecule has 10 nitrogen and oxygen atoms in total. The van der Waals surface area contributed by atoms with Crippen molar-refractivity contribution in [3.8, 4) is 35.4 Å². The molecular weight excluding hydrogens is 552 g/mol. The minimum Gasteiger partial charge on any atom is -1.00 e. The average Bonchev–Trinajstić information content (AvgIpc) is 2.90. The molecule has 0 spiro atoms. The van der Waals surface area contributed by atoms with Crippen molar-refractivity contribution in [1.29, 1.82) is 0 Å². The molecule has 0 N–H and O–H groups in total. The summed E-state index contributed by atoms with van der Waals surface area (Å²) in [4.78, 5) is 23.2. The van der Waals surface area contributed by atoms with Crippen LogP contribution >= 0.6 is 11.6 Å². The number of halogens is 2. The first-order valence-electron chi connectivity index (χ1n) is 9.39. The minimum absolute atomic E-state index is 0. The molecule has 0 aliphatic heterocycles. The Morgan fingerprint density at radius 3 is 1.34 bits per heavy atom. The monoisotopic (exact) mass is 572 g/mol. The predicted molar refractivity (Wildman–Crippen MR) is 127 cm³/mol. The number of methoxy groups -OCH3 is 4. The summed E-state index contributed by atoms with van der Waals surface area (Å²) in [6, 6.07) is 22.8.